The zero-order valence-corrected chi connectivity index (χ0v) is 18.4. The number of rotatable bonds is 9. The highest BCUT2D eigenvalue weighted by Crippen LogP contribution is 2.29. The third-order valence-electron chi connectivity index (χ3n) is 5.17. The summed E-state index contributed by atoms with van der Waals surface area (Å²) in [6.07, 6.45) is 0.503. The van der Waals surface area contributed by atoms with Gasteiger partial charge in [0.25, 0.3) is 5.91 Å². The third kappa shape index (κ3) is 4.82. The van der Waals surface area contributed by atoms with Crippen LogP contribution in [0.2, 0.25) is 5.02 Å². The number of aromatic nitrogens is 2. The summed E-state index contributed by atoms with van der Waals surface area (Å²) in [5.41, 5.74) is -2.06. The van der Waals surface area contributed by atoms with Gasteiger partial charge in [0.1, 0.15) is 11.7 Å². The van der Waals surface area contributed by atoms with E-state index in [2.05, 4.69) is 15.7 Å². The molecule has 30 heavy (non-hydrogen) atoms. The first-order chi connectivity index (χ1) is 14.0. The fourth-order valence-corrected chi connectivity index (χ4v) is 3.88. The van der Waals surface area contributed by atoms with Crippen molar-refractivity contribution in [2.45, 2.75) is 65.1 Å². The van der Waals surface area contributed by atoms with E-state index < -0.39 is 29.3 Å². The van der Waals surface area contributed by atoms with Crippen LogP contribution < -0.4 is 10.6 Å². The van der Waals surface area contributed by atoms with E-state index in [4.69, 9.17) is 11.6 Å². The number of nitrogens with one attached hydrogen (secondary N) is 2. The molecule has 1 aromatic rings. The van der Waals surface area contributed by atoms with Crippen LogP contribution in [0, 0.1) is 30.1 Å². The number of carbonyl (C=O) groups excluding carboxylic acids is 3. The Balaban J connectivity index is 2.32. The molecule has 2 heterocycles. The van der Waals surface area contributed by atoms with Gasteiger partial charge in [0, 0.05) is 19.0 Å². The van der Waals surface area contributed by atoms with Crippen molar-refractivity contribution >= 4 is 29.2 Å². The Morgan fingerprint density at radius 3 is 2.67 bits per heavy atom. The molecule has 0 radical (unpaired) electrons. The zero-order valence-electron chi connectivity index (χ0n) is 17.7. The topological polar surface area (TPSA) is 137 Å². The summed E-state index contributed by atoms with van der Waals surface area (Å²) < 4.78 is 1.35. The van der Waals surface area contributed by atoms with Crippen molar-refractivity contribution in [3.05, 3.63) is 16.4 Å². The van der Waals surface area contributed by atoms with E-state index in [0.717, 1.165) is 0 Å². The van der Waals surface area contributed by atoms with Crippen LogP contribution in [0.4, 0.5) is 0 Å². The Kier molecular flexibility index (Phi) is 7.61. The number of carbonyl (C=O) groups is 3. The molecule has 0 aliphatic carbocycles. The molecule has 1 saturated heterocycles. The SMILES string of the molecule is CCn1nc(C)c(Cl)c1C(=O)[C@](O)(CC(C)C)C(=O)N[C@H](C#N)C[C@@H]1CCNC1=O. The van der Waals surface area contributed by atoms with E-state index in [1.54, 1.807) is 27.7 Å². The molecule has 1 fully saturated rings. The average molecular weight is 438 g/mol. The number of nitrogens with zero attached hydrogens (tertiary/aromatic N) is 3. The number of aryl methyl sites for hydroxylation is 2. The lowest BCUT2D eigenvalue weighted by Gasteiger charge is -2.29. The molecule has 2 rings (SSSR count). The molecule has 10 heteroatoms. The van der Waals surface area contributed by atoms with Gasteiger partial charge in [0.05, 0.1) is 16.8 Å². The van der Waals surface area contributed by atoms with Crippen LogP contribution in [0.1, 0.15) is 56.2 Å². The van der Waals surface area contributed by atoms with Crippen LogP contribution in [0.25, 0.3) is 0 Å². The summed E-state index contributed by atoms with van der Waals surface area (Å²) in [6.45, 7) is 7.76. The molecule has 0 spiro atoms. The second kappa shape index (κ2) is 9.58. The van der Waals surface area contributed by atoms with Crippen molar-refractivity contribution in [2.75, 3.05) is 6.54 Å². The zero-order chi connectivity index (χ0) is 22.6. The van der Waals surface area contributed by atoms with Gasteiger partial charge in [0.2, 0.25) is 17.3 Å². The molecule has 0 saturated carbocycles. The maximum absolute atomic E-state index is 13.3. The maximum atomic E-state index is 13.3. The van der Waals surface area contributed by atoms with Gasteiger partial charge in [0.15, 0.2) is 0 Å². The lowest BCUT2D eigenvalue weighted by atomic mass is 9.85. The first-order valence-corrected chi connectivity index (χ1v) is 10.4. The van der Waals surface area contributed by atoms with Crippen LogP contribution in [0.5, 0.6) is 0 Å². The maximum Gasteiger partial charge on any atom is 0.261 e. The summed E-state index contributed by atoms with van der Waals surface area (Å²) in [7, 11) is 0. The minimum Gasteiger partial charge on any atom is -0.373 e. The predicted molar refractivity (Wildman–Crippen MR) is 110 cm³/mol. The van der Waals surface area contributed by atoms with E-state index in [0.29, 0.717) is 25.2 Å². The Bertz CT molecular complexity index is 875. The minimum absolute atomic E-state index is 0.0429. The van der Waals surface area contributed by atoms with Gasteiger partial charge in [-0.05, 0) is 39.0 Å². The normalized spacial score (nSPS) is 19.1. The second-order valence-corrected chi connectivity index (χ2v) is 8.40. The standard InChI is InChI=1S/C20H28ClN5O4/c1-5-26-16(15(21)12(4)25-26)17(27)20(30,9-11(2)3)19(29)24-14(10-22)8-13-6-7-23-18(13)28/h11,13-14,30H,5-9H2,1-4H3,(H,23,28)(H,24,29)/t13-,14-,20+/m0/s1. The van der Waals surface area contributed by atoms with Crippen molar-refractivity contribution in [1.82, 2.24) is 20.4 Å². The van der Waals surface area contributed by atoms with E-state index in [1.807, 2.05) is 6.07 Å². The number of nitriles is 1. The molecule has 3 N–H and O–H groups in total. The largest absolute Gasteiger partial charge is 0.373 e. The van der Waals surface area contributed by atoms with Gasteiger partial charge in [-0.15, -0.1) is 0 Å². The Hall–Kier alpha value is -2.44. The van der Waals surface area contributed by atoms with E-state index in [-0.39, 0.29) is 35.4 Å². The molecule has 0 unspecified atom stereocenters. The number of Topliss-reactive ketones (excluding diaryl/α,β-unsaturated/α-hetero) is 1. The summed E-state index contributed by atoms with van der Waals surface area (Å²) >= 11 is 6.25. The van der Waals surface area contributed by atoms with Crippen LogP contribution in [-0.2, 0) is 16.1 Å². The summed E-state index contributed by atoms with van der Waals surface area (Å²) in [4.78, 5) is 38.2. The fraction of sp³-hybridized carbons (Fsp3) is 0.650. The summed E-state index contributed by atoms with van der Waals surface area (Å²) in [5, 5.41) is 30.1. The smallest absolute Gasteiger partial charge is 0.261 e. The monoisotopic (exact) mass is 437 g/mol. The molecule has 3 atom stereocenters. The number of halogens is 1. The molecular weight excluding hydrogens is 410 g/mol. The first kappa shape index (κ1) is 23.8. The van der Waals surface area contributed by atoms with E-state index in [9.17, 15) is 24.8 Å². The number of hydrogen-bond acceptors (Lipinski definition) is 6. The van der Waals surface area contributed by atoms with E-state index in [1.165, 1.54) is 4.68 Å². The third-order valence-corrected chi connectivity index (χ3v) is 5.62. The highest BCUT2D eigenvalue weighted by molar-refractivity contribution is 6.35. The molecule has 1 aliphatic rings. The lowest BCUT2D eigenvalue weighted by Crippen LogP contribution is -2.56. The number of amides is 2. The molecular formula is C20H28ClN5O4. The Labute approximate surface area is 180 Å². The van der Waals surface area contributed by atoms with Crippen LogP contribution >= 0.6 is 11.6 Å². The average Bonchev–Trinajstić information content (AvgIpc) is 3.22. The van der Waals surface area contributed by atoms with Crippen LogP contribution in [-0.4, -0.2) is 50.7 Å². The van der Waals surface area contributed by atoms with Gasteiger partial charge in [-0.3, -0.25) is 19.1 Å². The fourth-order valence-electron chi connectivity index (χ4n) is 3.66. The first-order valence-electron chi connectivity index (χ1n) is 10.0. The Morgan fingerprint density at radius 2 is 2.17 bits per heavy atom. The van der Waals surface area contributed by atoms with Crippen molar-refractivity contribution < 1.29 is 19.5 Å². The van der Waals surface area contributed by atoms with E-state index >= 15 is 0 Å². The quantitative estimate of drug-likeness (QED) is 0.394. The molecule has 9 nitrogen and oxygen atoms in total. The van der Waals surface area contributed by atoms with Gasteiger partial charge in [-0.1, -0.05) is 25.4 Å². The van der Waals surface area contributed by atoms with Crippen LogP contribution in [0.15, 0.2) is 0 Å². The number of hydrogen-bond donors (Lipinski definition) is 3. The highest BCUT2D eigenvalue weighted by Gasteiger charge is 2.47. The van der Waals surface area contributed by atoms with Crippen molar-refractivity contribution in [2.24, 2.45) is 11.8 Å². The number of ketones is 1. The second-order valence-electron chi connectivity index (χ2n) is 8.02. The summed E-state index contributed by atoms with van der Waals surface area (Å²) in [5.74, 6) is -2.63. The molecule has 0 aromatic carbocycles. The molecule has 2 amide bonds. The molecule has 0 bridgehead atoms. The molecule has 1 aliphatic heterocycles. The van der Waals surface area contributed by atoms with Gasteiger partial charge >= 0.3 is 0 Å². The summed E-state index contributed by atoms with van der Waals surface area (Å²) in [6, 6.07) is 0.923. The lowest BCUT2D eigenvalue weighted by molar-refractivity contribution is -0.137. The molecule has 1 aromatic heterocycles. The highest BCUT2D eigenvalue weighted by atomic mass is 35.5. The van der Waals surface area contributed by atoms with Crippen molar-refractivity contribution in [1.29, 1.82) is 5.26 Å². The van der Waals surface area contributed by atoms with Gasteiger partial charge in [-0.2, -0.15) is 10.4 Å². The van der Waals surface area contributed by atoms with Gasteiger partial charge in [-0.25, -0.2) is 0 Å². The van der Waals surface area contributed by atoms with Crippen LogP contribution in [0.3, 0.4) is 0 Å². The number of aliphatic hydroxyl groups is 1. The van der Waals surface area contributed by atoms with Crippen molar-refractivity contribution in [3.8, 4) is 6.07 Å². The Morgan fingerprint density at radius 1 is 1.50 bits per heavy atom. The molecule has 164 valence electrons. The predicted octanol–water partition coefficient (Wildman–Crippen LogP) is 1.36. The minimum atomic E-state index is -2.43. The van der Waals surface area contributed by atoms with Crippen molar-refractivity contribution in [3.63, 3.8) is 0 Å². The van der Waals surface area contributed by atoms with Gasteiger partial charge < -0.3 is 15.7 Å².